The van der Waals surface area contributed by atoms with Gasteiger partial charge in [0.2, 0.25) is 0 Å². The monoisotopic (exact) mass is 183 g/mol. The van der Waals surface area contributed by atoms with Crippen LogP contribution in [0.4, 0.5) is 0 Å². The minimum absolute atomic E-state index is 0.517. The van der Waals surface area contributed by atoms with Gasteiger partial charge in [-0.1, -0.05) is 27.7 Å². The molecular formula is C12H25N. The van der Waals surface area contributed by atoms with Crippen LogP contribution in [-0.4, -0.2) is 24.5 Å². The lowest BCUT2D eigenvalue weighted by Crippen LogP contribution is -2.30. The summed E-state index contributed by atoms with van der Waals surface area (Å²) in [6.07, 6.45) is 4.25. The van der Waals surface area contributed by atoms with Crippen molar-refractivity contribution in [2.45, 2.75) is 53.0 Å². The maximum atomic E-state index is 2.51. The lowest BCUT2D eigenvalue weighted by atomic mass is 9.80. The summed E-state index contributed by atoms with van der Waals surface area (Å²) < 4.78 is 0. The van der Waals surface area contributed by atoms with Gasteiger partial charge < -0.3 is 4.90 Å². The van der Waals surface area contributed by atoms with Crippen molar-refractivity contribution in [3.05, 3.63) is 0 Å². The zero-order valence-corrected chi connectivity index (χ0v) is 9.93. The van der Waals surface area contributed by atoms with Crippen molar-refractivity contribution >= 4 is 0 Å². The van der Waals surface area contributed by atoms with E-state index in [4.69, 9.17) is 0 Å². The minimum atomic E-state index is 0.517. The molecule has 13 heavy (non-hydrogen) atoms. The van der Waals surface area contributed by atoms with Gasteiger partial charge in [0, 0.05) is 6.04 Å². The van der Waals surface area contributed by atoms with E-state index in [0.717, 1.165) is 12.0 Å². The highest BCUT2D eigenvalue weighted by Gasteiger charge is 2.33. The Morgan fingerprint density at radius 1 is 1.23 bits per heavy atom. The molecule has 1 nitrogen and oxygen atoms in total. The van der Waals surface area contributed by atoms with Gasteiger partial charge in [-0.2, -0.15) is 0 Å². The van der Waals surface area contributed by atoms with E-state index in [0.29, 0.717) is 5.41 Å². The molecule has 0 heterocycles. The maximum Gasteiger partial charge on any atom is 0.00950 e. The van der Waals surface area contributed by atoms with Gasteiger partial charge in [-0.15, -0.1) is 0 Å². The van der Waals surface area contributed by atoms with Crippen LogP contribution in [0.15, 0.2) is 0 Å². The van der Waals surface area contributed by atoms with Crippen molar-refractivity contribution in [2.24, 2.45) is 11.3 Å². The Morgan fingerprint density at radius 3 is 2.23 bits per heavy atom. The lowest BCUT2D eigenvalue weighted by Gasteiger charge is -2.28. The van der Waals surface area contributed by atoms with E-state index in [1.807, 2.05) is 0 Å². The van der Waals surface area contributed by atoms with Gasteiger partial charge in [0.15, 0.2) is 0 Å². The Kier molecular flexibility index (Phi) is 3.39. The zero-order valence-electron chi connectivity index (χ0n) is 9.93. The highest BCUT2D eigenvalue weighted by atomic mass is 15.1. The first-order chi connectivity index (χ1) is 5.95. The summed E-state index contributed by atoms with van der Waals surface area (Å²) in [7, 11) is 2.26. The molecule has 1 aliphatic carbocycles. The average Bonchev–Trinajstić information content (AvgIpc) is 2.50. The quantitative estimate of drug-likeness (QED) is 0.635. The van der Waals surface area contributed by atoms with Gasteiger partial charge >= 0.3 is 0 Å². The van der Waals surface area contributed by atoms with Gasteiger partial charge in [0.05, 0.1) is 0 Å². The third-order valence-electron chi connectivity index (χ3n) is 3.75. The van der Waals surface area contributed by atoms with Crippen molar-refractivity contribution in [3.63, 3.8) is 0 Å². The van der Waals surface area contributed by atoms with Crippen LogP contribution in [-0.2, 0) is 0 Å². The smallest absolute Gasteiger partial charge is 0.00950 e. The van der Waals surface area contributed by atoms with Crippen LogP contribution in [0.1, 0.15) is 47.0 Å². The van der Waals surface area contributed by atoms with Crippen LogP contribution in [0, 0.1) is 11.3 Å². The molecule has 0 aromatic heterocycles. The summed E-state index contributed by atoms with van der Waals surface area (Å²) in [6.45, 7) is 10.6. The normalized spacial score (nSPS) is 30.0. The summed E-state index contributed by atoms with van der Waals surface area (Å²) in [5, 5.41) is 0. The van der Waals surface area contributed by atoms with Crippen LogP contribution in [0.2, 0.25) is 0 Å². The standard InChI is InChI=1S/C12H25N/c1-6-13(5)11-8-7-10(9-11)12(2,3)4/h10-11H,6-9H2,1-5H3. The number of hydrogen-bond donors (Lipinski definition) is 0. The van der Waals surface area contributed by atoms with Crippen LogP contribution >= 0.6 is 0 Å². The molecule has 78 valence electrons. The number of hydrogen-bond acceptors (Lipinski definition) is 1. The first kappa shape index (κ1) is 11.0. The van der Waals surface area contributed by atoms with Gasteiger partial charge in [0.1, 0.15) is 0 Å². The topological polar surface area (TPSA) is 3.24 Å². The minimum Gasteiger partial charge on any atom is -0.304 e. The molecule has 0 aromatic rings. The fourth-order valence-electron chi connectivity index (χ4n) is 2.40. The molecular weight excluding hydrogens is 158 g/mol. The molecule has 0 radical (unpaired) electrons. The second kappa shape index (κ2) is 4.00. The van der Waals surface area contributed by atoms with Gasteiger partial charge in [-0.3, -0.25) is 0 Å². The molecule has 1 aliphatic rings. The molecule has 0 bridgehead atoms. The average molecular weight is 183 g/mol. The molecule has 0 saturated heterocycles. The molecule has 1 rings (SSSR count). The first-order valence-corrected chi connectivity index (χ1v) is 5.65. The highest BCUT2D eigenvalue weighted by molar-refractivity contribution is 4.87. The van der Waals surface area contributed by atoms with Crippen LogP contribution in [0.5, 0.6) is 0 Å². The molecule has 2 atom stereocenters. The first-order valence-electron chi connectivity index (χ1n) is 5.65. The van der Waals surface area contributed by atoms with Crippen LogP contribution in [0.3, 0.4) is 0 Å². The Morgan fingerprint density at radius 2 is 1.85 bits per heavy atom. The van der Waals surface area contributed by atoms with Crippen LogP contribution < -0.4 is 0 Å². The second-order valence-corrected chi connectivity index (χ2v) is 5.60. The highest BCUT2D eigenvalue weighted by Crippen LogP contribution is 2.40. The SMILES string of the molecule is CCN(C)C1CCC(C(C)(C)C)C1. The fraction of sp³-hybridized carbons (Fsp3) is 1.00. The maximum absolute atomic E-state index is 2.51. The Bertz CT molecular complexity index is 157. The predicted molar refractivity (Wildman–Crippen MR) is 58.9 cm³/mol. The van der Waals surface area contributed by atoms with Gasteiger partial charge in [-0.25, -0.2) is 0 Å². The molecule has 2 unspecified atom stereocenters. The van der Waals surface area contributed by atoms with E-state index >= 15 is 0 Å². The molecule has 1 fully saturated rings. The fourth-order valence-corrected chi connectivity index (χ4v) is 2.40. The van der Waals surface area contributed by atoms with Gasteiger partial charge in [0.25, 0.3) is 0 Å². The van der Waals surface area contributed by atoms with Crippen molar-refractivity contribution < 1.29 is 0 Å². The van der Waals surface area contributed by atoms with E-state index < -0.39 is 0 Å². The molecule has 1 saturated carbocycles. The van der Waals surface area contributed by atoms with E-state index in [2.05, 4.69) is 39.6 Å². The third-order valence-corrected chi connectivity index (χ3v) is 3.75. The summed E-state index contributed by atoms with van der Waals surface area (Å²) in [5.74, 6) is 0.937. The summed E-state index contributed by atoms with van der Waals surface area (Å²) in [5.41, 5.74) is 0.517. The molecule has 0 spiro atoms. The van der Waals surface area contributed by atoms with Crippen molar-refractivity contribution in [3.8, 4) is 0 Å². The Hall–Kier alpha value is -0.0400. The molecule has 0 aliphatic heterocycles. The lowest BCUT2D eigenvalue weighted by molar-refractivity contribution is 0.208. The zero-order chi connectivity index (χ0) is 10.1. The molecule has 0 aromatic carbocycles. The Balaban J connectivity index is 2.45. The molecule has 0 N–H and O–H groups in total. The Labute approximate surface area is 83.5 Å². The van der Waals surface area contributed by atoms with Gasteiger partial charge in [-0.05, 0) is 44.2 Å². The summed E-state index contributed by atoms with van der Waals surface area (Å²) >= 11 is 0. The summed E-state index contributed by atoms with van der Waals surface area (Å²) in [6, 6.07) is 0.856. The summed E-state index contributed by atoms with van der Waals surface area (Å²) in [4.78, 5) is 2.51. The number of nitrogens with zero attached hydrogens (tertiary/aromatic N) is 1. The van der Waals surface area contributed by atoms with E-state index in [9.17, 15) is 0 Å². The predicted octanol–water partition coefficient (Wildman–Crippen LogP) is 3.15. The van der Waals surface area contributed by atoms with Crippen LogP contribution in [0.25, 0.3) is 0 Å². The van der Waals surface area contributed by atoms with E-state index in [-0.39, 0.29) is 0 Å². The largest absolute Gasteiger partial charge is 0.304 e. The second-order valence-electron chi connectivity index (χ2n) is 5.60. The van der Waals surface area contributed by atoms with Crippen molar-refractivity contribution in [1.82, 2.24) is 4.90 Å². The third kappa shape index (κ3) is 2.70. The molecule has 1 heteroatoms. The van der Waals surface area contributed by atoms with E-state index in [1.54, 1.807) is 0 Å². The van der Waals surface area contributed by atoms with E-state index in [1.165, 1.54) is 25.8 Å². The molecule has 0 amide bonds. The number of rotatable bonds is 2. The van der Waals surface area contributed by atoms with Crippen molar-refractivity contribution in [1.29, 1.82) is 0 Å². The van der Waals surface area contributed by atoms with Crippen molar-refractivity contribution in [2.75, 3.05) is 13.6 Å².